The minimum Gasteiger partial charge on any atom is -0.489 e. The van der Waals surface area contributed by atoms with Crippen molar-refractivity contribution in [3.8, 4) is 5.75 Å². The summed E-state index contributed by atoms with van der Waals surface area (Å²) in [5, 5.41) is 6.65. The monoisotopic (exact) mass is 381 g/mol. The summed E-state index contributed by atoms with van der Waals surface area (Å²) in [7, 11) is 0. The first-order valence-corrected chi connectivity index (χ1v) is 8.95. The van der Waals surface area contributed by atoms with Crippen molar-refractivity contribution in [1.29, 1.82) is 0 Å². The van der Waals surface area contributed by atoms with Crippen LogP contribution in [0.15, 0.2) is 66.9 Å². The van der Waals surface area contributed by atoms with Crippen molar-refractivity contribution in [2.75, 3.05) is 10.6 Å². The number of aromatic nitrogens is 1. The van der Waals surface area contributed by atoms with E-state index in [1.54, 1.807) is 30.3 Å². The van der Waals surface area contributed by atoms with Crippen LogP contribution >= 0.6 is 11.6 Å². The van der Waals surface area contributed by atoms with Gasteiger partial charge < -0.3 is 15.4 Å². The molecule has 0 saturated carbocycles. The van der Waals surface area contributed by atoms with Crippen LogP contribution in [0.25, 0.3) is 0 Å². The van der Waals surface area contributed by atoms with Gasteiger partial charge >= 0.3 is 0 Å². The molecule has 2 N–H and O–H groups in total. The maximum Gasteiger partial charge on any atom is 0.257 e. The van der Waals surface area contributed by atoms with Crippen molar-refractivity contribution in [3.05, 3.63) is 77.4 Å². The summed E-state index contributed by atoms with van der Waals surface area (Å²) in [6.07, 6.45) is 1.54. The Bertz CT molecular complexity index is 927. The van der Waals surface area contributed by atoms with Gasteiger partial charge in [0.05, 0.1) is 17.4 Å². The van der Waals surface area contributed by atoms with E-state index in [1.807, 2.05) is 44.2 Å². The van der Waals surface area contributed by atoms with Gasteiger partial charge in [0.15, 0.2) is 0 Å². The van der Waals surface area contributed by atoms with Crippen LogP contribution in [0, 0.1) is 0 Å². The number of hydrogen-bond donors (Lipinski definition) is 2. The molecule has 0 aliphatic heterocycles. The van der Waals surface area contributed by atoms with E-state index in [9.17, 15) is 4.79 Å². The number of amides is 1. The van der Waals surface area contributed by atoms with Crippen LogP contribution in [-0.2, 0) is 0 Å². The lowest BCUT2D eigenvalue weighted by Crippen LogP contribution is -2.14. The van der Waals surface area contributed by atoms with Crippen molar-refractivity contribution < 1.29 is 9.53 Å². The van der Waals surface area contributed by atoms with Gasteiger partial charge in [0, 0.05) is 16.9 Å². The summed E-state index contributed by atoms with van der Waals surface area (Å²) in [6.45, 7) is 3.88. The Morgan fingerprint density at radius 3 is 2.59 bits per heavy atom. The summed E-state index contributed by atoms with van der Waals surface area (Å²) >= 11 is 5.98. The molecule has 0 aliphatic carbocycles. The third-order valence-corrected chi connectivity index (χ3v) is 3.86. The zero-order valence-corrected chi connectivity index (χ0v) is 15.8. The van der Waals surface area contributed by atoms with E-state index in [0.717, 1.165) is 5.69 Å². The van der Waals surface area contributed by atoms with Crippen LogP contribution in [0.5, 0.6) is 5.75 Å². The fourth-order valence-electron chi connectivity index (χ4n) is 2.44. The lowest BCUT2D eigenvalue weighted by atomic mass is 10.2. The third kappa shape index (κ3) is 5.21. The van der Waals surface area contributed by atoms with Gasteiger partial charge in [-0.15, -0.1) is 0 Å². The van der Waals surface area contributed by atoms with Crippen molar-refractivity contribution in [2.45, 2.75) is 20.0 Å². The lowest BCUT2D eigenvalue weighted by Gasteiger charge is -2.14. The molecule has 1 amide bonds. The number of benzene rings is 2. The summed E-state index contributed by atoms with van der Waals surface area (Å²) in [6, 6.07) is 18.1. The highest BCUT2D eigenvalue weighted by Gasteiger charge is 2.11. The summed E-state index contributed by atoms with van der Waals surface area (Å²) in [4.78, 5) is 16.8. The molecule has 0 bridgehead atoms. The quantitative estimate of drug-likeness (QED) is 0.590. The highest BCUT2D eigenvalue weighted by atomic mass is 35.5. The minimum absolute atomic E-state index is 0.0153. The molecule has 138 valence electrons. The topological polar surface area (TPSA) is 63.2 Å². The Labute approximate surface area is 163 Å². The van der Waals surface area contributed by atoms with Gasteiger partial charge in [-0.1, -0.05) is 29.8 Å². The predicted octanol–water partition coefficient (Wildman–Crippen LogP) is 5.52. The van der Waals surface area contributed by atoms with Crippen molar-refractivity contribution in [1.82, 2.24) is 4.98 Å². The van der Waals surface area contributed by atoms with Crippen LogP contribution in [0.2, 0.25) is 5.02 Å². The number of carbonyl (C=O) groups is 1. The minimum atomic E-state index is -0.253. The second-order valence-corrected chi connectivity index (χ2v) is 6.62. The van der Waals surface area contributed by atoms with Gasteiger partial charge in [-0.25, -0.2) is 4.98 Å². The Balaban J connectivity index is 1.69. The maximum absolute atomic E-state index is 12.5. The first-order valence-electron chi connectivity index (χ1n) is 8.57. The first-order chi connectivity index (χ1) is 13.0. The SMILES string of the molecule is CC(C)Oc1ccccc1NC(=O)c1ccc(Nc2cccc(Cl)c2)nc1. The molecule has 0 radical (unpaired) electrons. The van der Waals surface area contributed by atoms with Gasteiger partial charge in [0.25, 0.3) is 5.91 Å². The van der Waals surface area contributed by atoms with E-state index in [2.05, 4.69) is 15.6 Å². The van der Waals surface area contributed by atoms with E-state index in [0.29, 0.717) is 27.8 Å². The number of nitrogens with zero attached hydrogens (tertiary/aromatic N) is 1. The smallest absolute Gasteiger partial charge is 0.257 e. The summed E-state index contributed by atoms with van der Waals surface area (Å²) < 4.78 is 5.73. The highest BCUT2D eigenvalue weighted by Crippen LogP contribution is 2.25. The van der Waals surface area contributed by atoms with Gasteiger partial charge in [-0.3, -0.25) is 4.79 Å². The van der Waals surface area contributed by atoms with Crippen molar-refractivity contribution in [3.63, 3.8) is 0 Å². The molecule has 0 spiro atoms. The number of carbonyl (C=O) groups excluding carboxylic acids is 1. The lowest BCUT2D eigenvalue weighted by molar-refractivity contribution is 0.102. The van der Waals surface area contributed by atoms with Gasteiger partial charge in [-0.2, -0.15) is 0 Å². The molecule has 0 saturated heterocycles. The highest BCUT2D eigenvalue weighted by molar-refractivity contribution is 6.30. The Kier molecular flexibility index (Phi) is 5.94. The van der Waals surface area contributed by atoms with Crippen LogP contribution in [0.3, 0.4) is 0 Å². The maximum atomic E-state index is 12.5. The second-order valence-electron chi connectivity index (χ2n) is 6.18. The molecule has 27 heavy (non-hydrogen) atoms. The number of ether oxygens (including phenoxy) is 1. The number of anilines is 3. The summed E-state index contributed by atoms with van der Waals surface area (Å²) in [5.41, 5.74) is 1.90. The number of para-hydroxylation sites is 2. The molecule has 1 aromatic heterocycles. The molecule has 1 heterocycles. The third-order valence-electron chi connectivity index (χ3n) is 3.62. The number of rotatable bonds is 6. The molecule has 0 fully saturated rings. The average molecular weight is 382 g/mol. The van der Waals surface area contributed by atoms with Crippen molar-refractivity contribution in [2.24, 2.45) is 0 Å². The Morgan fingerprint density at radius 1 is 1.07 bits per heavy atom. The molecule has 0 aliphatic rings. The van der Waals surface area contributed by atoms with Gasteiger partial charge in [-0.05, 0) is 56.3 Å². The van der Waals surface area contributed by atoms with E-state index >= 15 is 0 Å². The van der Waals surface area contributed by atoms with Crippen LogP contribution < -0.4 is 15.4 Å². The molecule has 2 aromatic carbocycles. The van der Waals surface area contributed by atoms with Crippen LogP contribution in [0.1, 0.15) is 24.2 Å². The molecule has 6 heteroatoms. The normalized spacial score (nSPS) is 10.5. The Hall–Kier alpha value is -3.05. The average Bonchev–Trinajstić information content (AvgIpc) is 2.63. The first kappa shape index (κ1) is 18.7. The number of halogens is 1. The predicted molar refractivity (Wildman–Crippen MR) is 109 cm³/mol. The van der Waals surface area contributed by atoms with Gasteiger partial charge in [0.2, 0.25) is 0 Å². The van der Waals surface area contributed by atoms with Crippen molar-refractivity contribution >= 4 is 34.7 Å². The zero-order valence-electron chi connectivity index (χ0n) is 15.1. The van der Waals surface area contributed by atoms with Gasteiger partial charge in [0.1, 0.15) is 11.6 Å². The molecule has 0 unspecified atom stereocenters. The molecular weight excluding hydrogens is 362 g/mol. The van der Waals surface area contributed by atoms with E-state index in [4.69, 9.17) is 16.3 Å². The van der Waals surface area contributed by atoms with E-state index in [-0.39, 0.29) is 12.0 Å². The largest absolute Gasteiger partial charge is 0.489 e. The van der Waals surface area contributed by atoms with E-state index in [1.165, 1.54) is 6.20 Å². The number of nitrogens with one attached hydrogen (secondary N) is 2. The molecule has 5 nitrogen and oxygen atoms in total. The zero-order chi connectivity index (χ0) is 19.2. The molecule has 3 rings (SSSR count). The fourth-order valence-corrected chi connectivity index (χ4v) is 2.63. The number of hydrogen-bond acceptors (Lipinski definition) is 4. The van der Waals surface area contributed by atoms with Crippen LogP contribution in [0.4, 0.5) is 17.2 Å². The second kappa shape index (κ2) is 8.56. The molecule has 0 atom stereocenters. The molecular formula is C21H20ClN3O2. The molecule has 3 aromatic rings. The Morgan fingerprint density at radius 2 is 1.89 bits per heavy atom. The summed E-state index contributed by atoms with van der Waals surface area (Å²) in [5.74, 6) is 1.00. The van der Waals surface area contributed by atoms with E-state index < -0.39 is 0 Å². The standard InChI is InChI=1S/C21H20ClN3O2/c1-14(2)27-19-9-4-3-8-18(19)25-21(26)15-10-11-20(23-13-15)24-17-7-5-6-16(22)12-17/h3-14H,1-2H3,(H,23,24)(H,25,26). The fraction of sp³-hybridized carbons (Fsp3) is 0.143. The number of pyridine rings is 1. The van der Waals surface area contributed by atoms with Crippen LogP contribution in [-0.4, -0.2) is 17.0 Å².